The molecule has 2 atom stereocenters. The van der Waals surface area contributed by atoms with Crippen molar-refractivity contribution in [1.29, 1.82) is 0 Å². The summed E-state index contributed by atoms with van der Waals surface area (Å²) in [6.45, 7) is 4.93. The van der Waals surface area contributed by atoms with E-state index in [1.54, 1.807) is 0 Å². The molecule has 0 aromatic heterocycles. The van der Waals surface area contributed by atoms with Crippen LogP contribution in [0.2, 0.25) is 0 Å². The first-order valence-electron chi connectivity index (χ1n) is 4.78. The molecule has 1 aliphatic heterocycles. The van der Waals surface area contributed by atoms with Crippen LogP contribution < -0.4 is 5.32 Å². The van der Waals surface area contributed by atoms with E-state index in [0.29, 0.717) is 11.4 Å². The van der Waals surface area contributed by atoms with E-state index < -0.39 is 0 Å². The Kier molecular flexibility index (Phi) is 4.96. The molecule has 1 aliphatic rings. The van der Waals surface area contributed by atoms with E-state index in [2.05, 4.69) is 12.2 Å². The van der Waals surface area contributed by atoms with Crippen LogP contribution in [0.5, 0.6) is 0 Å². The fraction of sp³-hybridized carbons (Fsp3) is 1.00. The molecular formula is C9H18ClNO. The minimum atomic E-state index is 0.333. The van der Waals surface area contributed by atoms with Crippen LogP contribution >= 0.6 is 11.6 Å². The van der Waals surface area contributed by atoms with Gasteiger partial charge in [0.05, 0.1) is 6.61 Å². The van der Waals surface area contributed by atoms with E-state index in [9.17, 15) is 0 Å². The van der Waals surface area contributed by atoms with Crippen molar-refractivity contribution in [2.45, 2.75) is 37.6 Å². The topological polar surface area (TPSA) is 21.3 Å². The minimum absolute atomic E-state index is 0.333. The molecule has 1 rings (SSSR count). The molecule has 0 amide bonds. The van der Waals surface area contributed by atoms with Crippen molar-refractivity contribution in [2.75, 3.05) is 19.8 Å². The first kappa shape index (κ1) is 10.3. The molecule has 0 aromatic carbocycles. The van der Waals surface area contributed by atoms with E-state index >= 15 is 0 Å². The van der Waals surface area contributed by atoms with Crippen molar-refractivity contribution in [3.8, 4) is 0 Å². The summed E-state index contributed by atoms with van der Waals surface area (Å²) in [7, 11) is 0. The highest BCUT2D eigenvalue weighted by atomic mass is 35.5. The third-order valence-corrected chi connectivity index (χ3v) is 2.79. The molecular weight excluding hydrogens is 174 g/mol. The molecule has 1 N–H and O–H groups in total. The normalized spacial score (nSPS) is 26.0. The Balaban J connectivity index is 1.94. The number of alkyl halides is 1. The summed E-state index contributed by atoms with van der Waals surface area (Å²) in [4.78, 5) is 0. The van der Waals surface area contributed by atoms with Gasteiger partial charge in [-0.15, -0.1) is 11.6 Å². The first-order valence-corrected chi connectivity index (χ1v) is 5.21. The lowest BCUT2D eigenvalue weighted by molar-refractivity contribution is 0.190. The summed E-state index contributed by atoms with van der Waals surface area (Å²) in [5.41, 5.74) is 0. The molecule has 2 unspecified atom stereocenters. The van der Waals surface area contributed by atoms with Gasteiger partial charge in [0, 0.05) is 18.0 Å². The van der Waals surface area contributed by atoms with Crippen molar-refractivity contribution >= 4 is 11.6 Å². The zero-order chi connectivity index (χ0) is 8.81. The van der Waals surface area contributed by atoms with Crippen LogP contribution in [0.1, 0.15) is 26.2 Å². The van der Waals surface area contributed by atoms with Gasteiger partial charge >= 0.3 is 0 Å². The van der Waals surface area contributed by atoms with Gasteiger partial charge in [0.2, 0.25) is 0 Å². The lowest BCUT2D eigenvalue weighted by Crippen LogP contribution is -2.31. The predicted octanol–water partition coefficient (Wildman–Crippen LogP) is 1.77. The second-order valence-electron chi connectivity index (χ2n) is 3.31. The second-order valence-corrected chi connectivity index (χ2v) is 3.93. The van der Waals surface area contributed by atoms with E-state index in [4.69, 9.17) is 16.3 Å². The van der Waals surface area contributed by atoms with Crippen LogP contribution in [-0.2, 0) is 4.74 Å². The summed E-state index contributed by atoms with van der Waals surface area (Å²) in [6.07, 6.45) is 3.28. The number of halogens is 1. The molecule has 2 nitrogen and oxygen atoms in total. The standard InChI is InChI=1S/C9H18ClNO/c1-2-8(10)3-5-11-9-4-6-12-7-9/h8-9,11H,2-7H2,1H3. The zero-order valence-electron chi connectivity index (χ0n) is 7.68. The molecule has 1 fully saturated rings. The number of ether oxygens (including phenoxy) is 1. The van der Waals surface area contributed by atoms with Gasteiger partial charge in [0.15, 0.2) is 0 Å². The van der Waals surface area contributed by atoms with E-state index in [0.717, 1.165) is 39.0 Å². The number of hydrogen-bond donors (Lipinski definition) is 1. The van der Waals surface area contributed by atoms with E-state index in [-0.39, 0.29) is 0 Å². The van der Waals surface area contributed by atoms with Crippen molar-refractivity contribution in [3.05, 3.63) is 0 Å². The van der Waals surface area contributed by atoms with Gasteiger partial charge in [-0.05, 0) is 25.8 Å². The summed E-state index contributed by atoms with van der Waals surface area (Å²) in [5.74, 6) is 0. The monoisotopic (exact) mass is 191 g/mol. The molecule has 1 saturated heterocycles. The Morgan fingerprint density at radius 3 is 3.08 bits per heavy atom. The van der Waals surface area contributed by atoms with Gasteiger partial charge < -0.3 is 10.1 Å². The zero-order valence-corrected chi connectivity index (χ0v) is 8.44. The molecule has 0 aliphatic carbocycles. The molecule has 0 bridgehead atoms. The maximum atomic E-state index is 5.98. The molecule has 0 aromatic rings. The third kappa shape index (κ3) is 3.74. The molecule has 0 radical (unpaired) electrons. The van der Waals surface area contributed by atoms with Gasteiger partial charge in [-0.1, -0.05) is 6.92 Å². The number of nitrogens with one attached hydrogen (secondary N) is 1. The maximum Gasteiger partial charge on any atom is 0.0620 e. The van der Waals surface area contributed by atoms with Gasteiger partial charge in [-0.3, -0.25) is 0 Å². The Labute approximate surface area is 79.6 Å². The summed E-state index contributed by atoms with van der Waals surface area (Å²) >= 11 is 5.98. The van der Waals surface area contributed by atoms with Crippen LogP contribution in [0.3, 0.4) is 0 Å². The van der Waals surface area contributed by atoms with Crippen LogP contribution in [0.25, 0.3) is 0 Å². The Morgan fingerprint density at radius 2 is 2.50 bits per heavy atom. The number of hydrogen-bond acceptors (Lipinski definition) is 2. The molecule has 0 saturated carbocycles. The Morgan fingerprint density at radius 1 is 1.67 bits per heavy atom. The lowest BCUT2D eigenvalue weighted by atomic mass is 10.2. The number of rotatable bonds is 5. The minimum Gasteiger partial charge on any atom is -0.380 e. The van der Waals surface area contributed by atoms with Gasteiger partial charge in [0.1, 0.15) is 0 Å². The molecule has 3 heteroatoms. The van der Waals surface area contributed by atoms with Crippen LogP contribution in [0.4, 0.5) is 0 Å². The van der Waals surface area contributed by atoms with Gasteiger partial charge in [0.25, 0.3) is 0 Å². The summed E-state index contributed by atoms with van der Waals surface area (Å²) in [5, 5.41) is 3.77. The van der Waals surface area contributed by atoms with Crippen LogP contribution in [0.15, 0.2) is 0 Å². The molecule has 12 heavy (non-hydrogen) atoms. The van der Waals surface area contributed by atoms with Crippen LogP contribution in [0, 0.1) is 0 Å². The highest BCUT2D eigenvalue weighted by Crippen LogP contribution is 2.07. The van der Waals surface area contributed by atoms with Crippen molar-refractivity contribution in [2.24, 2.45) is 0 Å². The summed E-state index contributed by atoms with van der Waals surface area (Å²) < 4.78 is 5.25. The average molecular weight is 192 g/mol. The summed E-state index contributed by atoms with van der Waals surface area (Å²) in [6, 6.07) is 0.575. The molecule has 72 valence electrons. The van der Waals surface area contributed by atoms with E-state index in [1.165, 1.54) is 0 Å². The molecule has 0 spiro atoms. The first-order chi connectivity index (χ1) is 5.83. The van der Waals surface area contributed by atoms with Crippen molar-refractivity contribution < 1.29 is 4.74 Å². The SMILES string of the molecule is CCC(Cl)CCNC1CCOC1. The van der Waals surface area contributed by atoms with Crippen LogP contribution in [-0.4, -0.2) is 31.2 Å². The smallest absolute Gasteiger partial charge is 0.0620 e. The largest absolute Gasteiger partial charge is 0.380 e. The maximum absolute atomic E-state index is 5.98. The van der Waals surface area contributed by atoms with Crippen molar-refractivity contribution in [3.63, 3.8) is 0 Å². The average Bonchev–Trinajstić information content (AvgIpc) is 2.57. The fourth-order valence-electron chi connectivity index (χ4n) is 1.34. The van der Waals surface area contributed by atoms with Gasteiger partial charge in [-0.2, -0.15) is 0 Å². The fourth-order valence-corrected chi connectivity index (χ4v) is 1.45. The second kappa shape index (κ2) is 5.79. The van der Waals surface area contributed by atoms with Gasteiger partial charge in [-0.25, -0.2) is 0 Å². The quantitative estimate of drug-likeness (QED) is 0.669. The lowest BCUT2D eigenvalue weighted by Gasteiger charge is -2.11. The van der Waals surface area contributed by atoms with Crippen molar-refractivity contribution in [1.82, 2.24) is 5.32 Å². The Hall–Kier alpha value is 0.210. The Bertz CT molecular complexity index is 115. The third-order valence-electron chi connectivity index (χ3n) is 2.26. The highest BCUT2D eigenvalue weighted by Gasteiger charge is 2.14. The highest BCUT2D eigenvalue weighted by molar-refractivity contribution is 6.20. The molecule has 1 heterocycles. The van der Waals surface area contributed by atoms with E-state index in [1.807, 2.05) is 0 Å². The predicted molar refractivity (Wildman–Crippen MR) is 51.8 cm³/mol.